The first kappa shape index (κ1) is 18.2. The number of nitrogens with zero attached hydrogens (tertiary/aromatic N) is 3. The lowest BCUT2D eigenvalue weighted by molar-refractivity contribution is -0.142. The number of nitrogens with one attached hydrogen (secondary N) is 1. The molecule has 0 aliphatic heterocycles. The molecule has 0 amide bonds. The number of benzene rings is 1. The first-order valence-corrected chi connectivity index (χ1v) is 9.29. The number of thioether (sulfide) groups is 1. The van der Waals surface area contributed by atoms with Crippen molar-refractivity contribution in [3.8, 4) is 5.69 Å². The third kappa shape index (κ3) is 3.65. The van der Waals surface area contributed by atoms with Gasteiger partial charge in [-0.3, -0.25) is 9.59 Å². The van der Waals surface area contributed by atoms with Crippen LogP contribution in [0.3, 0.4) is 0 Å². The molecule has 0 radical (unpaired) electrons. The number of H-pyrrole nitrogens is 1. The summed E-state index contributed by atoms with van der Waals surface area (Å²) in [4.78, 5) is 31.6. The molecule has 7 nitrogen and oxygen atoms in total. The second-order valence-corrected chi connectivity index (χ2v) is 6.96. The third-order valence-electron chi connectivity index (χ3n) is 3.87. The lowest BCUT2D eigenvalue weighted by Gasteiger charge is -2.12. The van der Waals surface area contributed by atoms with Crippen molar-refractivity contribution in [1.29, 1.82) is 0 Å². The maximum Gasteiger partial charge on any atom is 0.319 e. The Hall–Kier alpha value is -2.61. The predicted molar refractivity (Wildman–Crippen MR) is 101 cm³/mol. The van der Waals surface area contributed by atoms with Gasteiger partial charge in [-0.2, -0.15) is 5.10 Å². The van der Waals surface area contributed by atoms with Crippen molar-refractivity contribution < 1.29 is 9.53 Å². The highest BCUT2D eigenvalue weighted by Crippen LogP contribution is 2.24. The Morgan fingerprint density at radius 2 is 2.04 bits per heavy atom. The molecule has 1 N–H and O–H groups in total. The molecule has 2 aromatic heterocycles. The van der Waals surface area contributed by atoms with Crippen LogP contribution in [0.15, 0.2) is 40.4 Å². The van der Waals surface area contributed by atoms with Gasteiger partial charge in [0.05, 0.1) is 18.5 Å². The Kier molecular flexibility index (Phi) is 5.41. The molecule has 0 spiro atoms. The van der Waals surface area contributed by atoms with Crippen molar-refractivity contribution in [3.05, 3.63) is 46.4 Å². The van der Waals surface area contributed by atoms with Crippen molar-refractivity contribution in [2.75, 3.05) is 6.61 Å². The highest BCUT2D eigenvalue weighted by Gasteiger charge is 2.21. The van der Waals surface area contributed by atoms with Crippen molar-refractivity contribution in [2.45, 2.75) is 37.6 Å². The van der Waals surface area contributed by atoms with E-state index in [1.165, 1.54) is 18.0 Å². The fourth-order valence-corrected chi connectivity index (χ4v) is 3.39. The van der Waals surface area contributed by atoms with Crippen LogP contribution in [0.2, 0.25) is 0 Å². The van der Waals surface area contributed by atoms with Gasteiger partial charge in [0.1, 0.15) is 10.6 Å². The molecular weight excluding hydrogens is 352 g/mol. The van der Waals surface area contributed by atoms with Gasteiger partial charge in [-0.15, -0.1) is 0 Å². The van der Waals surface area contributed by atoms with Gasteiger partial charge in [0, 0.05) is 0 Å². The smallest absolute Gasteiger partial charge is 0.319 e. The monoisotopic (exact) mass is 372 g/mol. The minimum Gasteiger partial charge on any atom is -0.465 e. The Balaban J connectivity index is 2.00. The summed E-state index contributed by atoms with van der Waals surface area (Å²) >= 11 is 1.19. The molecule has 3 aromatic rings. The third-order valence-corrected chi connectivity index (χ3v) is 5.10. The maximum atomic E-state index is 12.4. The van der Waals surface area contributed by atoms with E-state index in [1.54, 1.807) is 11.6 Å². The number of aryl methyl sites for hydroxylation is 1. The van der Waals surface area contributed by atoms with Crippen LogP contribution in [0.25, 0.3) is 16.7 Å². The summed E-state index contributed by atoms with van der Waals surface area (Å²) in [5.74, 6) is -0.310. The first-order valence-electron chi connectivity index (χ1n) is 8.41. The van der Waals surface area contributed by atoms with E-state index in [0.717, 1.165) is 11.3 Å². The Morgan fingerprint density at radius 3 is 2.69 bits per heavy atom. The van der Waals surface area contributed by atoms with Gasteiger partial charge in [-0.1, -0.05) is 36.4 Å². The van der Waals surface area contributed by atoms with E-state index in [-0.39, 0.29) is 11.5 Å². The number of ether oxygens (including phenoxy) is 1. The molecule has 1 atom stereocenters. The predicted octanol–water partition coefficient (Wildman–Crippen LogP) is 2.85. The molecule has 3 rings (SSSR count). The van der Waals surface area contributed by atoms with Crippen LogP contribution in [-0.4, -0.2) is 37.6 Å². The largest absolute Gasteiger partial charge is 0.465 e. The molecule has 2 heterocycles. The van der Waals surface area contributed by atoms with E-state index in [2.05, 4.69) is 15.1 Å². The SMILES string of the molecule is CCOC(=O)C(CC)Sc1nc2c(cnn2-c2ccc(C)cc2)c(=O)[nH]1. The number of carbonyl (C=O) groups excluding carboxylic acids is 1. The minimum atomic E-state index is -0.425. The molecule has 0 saturated carbocycles. The molecule has 0 aliphatic carbocycles. The number of aromatic nitrogens is 4. The average Bonchev–Trinajstić information content (AvgIpc) is 3.05. The highest BCUT2D eigenvalue weighted by atomic mass is 32.2. The number of carbonyl (C=O) groups is 1. The zero-order valence-corrected chi connectivity index (χ0v) is 15.7. The van der Waals surface area contributed by atoms with Gasteiger partial charge < -0.3 is 9.72 Å². The van der Waals surface area contributed by atoms with Crippen LogP contribution >= 0.6 is 11.8 Å². The summed E-state index contributed by atoms with van der Waals surface area (Å²) in [6.45, 7) is 5.98. The van der Waals surface area contributed by atoms with Gasteiger partial charge in [0.25, 0.3) is 5.56 Å². The van der Waals surface area contributed by atoms with Crippen LogP contribution in [0.5, 0.6) is 0 Å². The molecular formula is C18H20N4O3S. The summed E-state index contributed by atoms with van der Waals surface area (Å²) in [5.41, 5.74) is 2.12. The lowest BCUT2D eigenvalue weighted by atomic mass is 10.2. The zero-order chi connectivity index (χ0) is 18.7. The summed E-state index contributed by atoms with van der Waals surface area (Å²) in [6, 6.07) is 7.79. The van der Waals surface area contributed by atoms with Crippen LogP contribution in [0.4, 0.5) is 0 Å². The molecule has 1 aromatic carbocycles. The van der Waals surface area contributed by atoms with Gasteiger partial charge in [0.2, 0.25) is 0 Å². The summed E-state index contributed by atoms with van der Waals surface area (Å²) in [7, 11) is 0. The average molecular weight is 372 g/mol. The van der Waals surface area contributed by atoms with E-state index < -0.39 is 5.25 Å². The molecule has 0 aliphatic rings. The van der Waals surface area contributed by atoms with Crippen molar-refractivity contribution >= 4 is 28.8 Å². The molecule has 0 bridgehead atoms. The van der Waals surface area contributed by atoms with Crippen molar-refractivity contribution in [1.82, 2.24) is 19.7 Å². The summed E-state index contributed by atoms with van der Waals surface area (Å²) in [5, 5.41) is 4.64. The van der Waals surface area contributed by atoms with Crippen LogP contribution in [0.1, 0.15) is 25.8 Å². The standard InChI is InChI=1S/C18H20N4O3S/c1-4-14(17(24)25-5-2)26-18-20-15-13(16(23)21-18)10-19-22(15)12-8-6-11(3)7-9-12/h6-10,14H,4-5H2,1-3H3,(H,20,21,23). The topological polar surface area (TPSA) is 89.9 Å². The van der Waals surface area contributed by atoms with Crippen LogP contribution < -0.4 is 5.56 Å². The van der Waals surface area contributed by atoms with Crippen LogP contribution in [-0.2, 0) is 9.53 Å². The fraction of sp³-hybridized carbons (Fsp3) is 0.333. The van der Waals surface area contributed by atoms with Crippen molar-refractivity contribution in [3.63, 3.8) is 0 Å². The van der Waals surface area contributed by atoms with E-state index in [0.29, 0.717) is 29.2 Å². The Labute approximate surface area is 154 Å². The first-order chi connectivity index (χ1) is 12.5. The van der Waals surface area contributed by atoms with E-state index >= 15 is 0 Å². The van der Waals surface area contributed by atoms with Gasteiger partial charge in [0.15, 0.2) is 10.8 Å². The Bertz CT molecular complexity index is 978. The Morgan fingerprint density at radius 1 is 1.31 bits per heavy atom. The molecule has 8 heteroatoms. The van der Waals surface area contributed by atoms with Gasteiger partial charge in [-0.25, -0.2) is 9.67 Å². The molecule has 136 valence electrons. The molecule has 0 fully saturated rings. The second kappa shape index (κ2) is 7.74. The zero-order valence-electron chi connectivity index (χ0n) is 14.9. The van der Waals surface area contributed by atoms with Crippen LogP contribution in [0, 0.1) is 6.92 Å². The van der Waals surface area contributed by atoms with Gasteiger partial charge in [-0.05, 0) is 32.4 Å². The number of hydrogen-bond donors (Lipinski definition) is 1. The van der Waals surface area contributed by atoms with E-state index in [9.17, 15) is 9.59 Å². The molecule has 1 unspecified atom stereocenters. The minimum absolute atomic E-state index is 0.283. The number of fused-ring (bicyclic) bond motifs is 1. The lowest BCUT2D eigenvalue weighted by Crippen LogP contribution is -2.20. The maximum absolute atomic E-state index is 12.4. The number of esters is 1. The van der Waals surface area contributed by atoms with Crippen molar-refractivity contribution in [2.24, 2.45) is 0 Å². The number of rotatable bonds is 6. The van der Waals surface area contributed by atoms with Gasteiger partial charge >= 0.3 is 5.97 Å². The fourth-order valence-electron chi connectivity index (χ4n) is 2.50. The summed E-state index contributed by atoms with van der Waals surface area (Å²) < 4.78 is 6.70. The van der Waals surface area contributed by atoms with E-state index in [4.69, 9.17) is 4.74 Å². The quantitative estimate of drug-likeness (QED) is 0.406. The summed E-state index contributed by atoms with van der Waals surface area (Å²) in [6.07, 6.45) is 2.07. The highest BCUT2D eigenvalue weighted by molar-refractivity contribution is 8.00. The molecule has 0 saturated heterocycles. The normalized spacial score (nSPS) is 12.3. The molecule has 26 heavy (non-hydrogen) atoms. The second-order valence-electron chi connectivity index (χ2n) is 5.77. The number of aromatic amines is 1. The van der Waals surface area contributed by atoms with E-state index in [1.807, 2.05) is 38.1 Å². The number of hydrogen-bond acceptors (Lipinski definition) is 6.